The minimum atomic E-state index is -1.39. The van der Waals surface area contributed by atoms with Crippen molar-refractivity contribution in [1.29, 1.82) is 0 Å². The Labute approximate surface area is 229 Å². The monoisotopic (exact) mass is 534 g/mol. The van der Waals surface area contributed by atoms with Crippen molar-refractivity contribution in [2.45, 2.75) is 24.4 Å². The van der Waals surface area contributed by atoms with Crippen molar-refractivity contribution in [2.75, 3.05) is 10.2 Å². The summed E-state index contributed by atoms with van der Waals surface area (Å²) in [6.07, 6.45) is 3.45. The number of rotatable bonds is 4. The number of Topliss-reactive ketones (excluding diaryl/α,β-unsaturated/α-hetero) is 2. The molecule has 0 bridgehead atoms. The number of anilines is 2. The summed E-state index contributed by atoms with van der Waals surface area (Å²) in [7, 11) is 0. The molecule has 1 spiro atoms. The number of halogens is 1. The predicted octanol–water partition coefficient (Wildman–Crippen LogP) is 6.18. The van der Waals surface area contributed by atoms with Gasteiger partial charge in [-0.05, 0) is 54.5 Å². The molecule has 1 fully saturated rings. The molecule has 0 unspecified atom stereocenters. The van der Waals surface area contributed by atoms with Crippen molar-refractivity contribution in [3.63, 3.8) is 0 Å². The van der Waals surface area contributed by atoms with Crippen LogP contribution in [-0.4, -0.2) is 29.6 Å². The maximum atomic E-state index is 14.6. The minimum Gasteiger partial charge on any atom is -0.461 e. The van der Waals surface area contributed by atoms with Crippen LogP contribution in [0.25, 0.3) is 5.57 Å². The number of para-hydroxylation sites is 2. The summed E-state index contributed by atoms with van der Waals surface area (Å²) >= 11 is 6.55. The molecule has 0 aliphatic carbocycles. The Balaban J connectivity index is 1.57. The zero-order valence-corrected chi connectivity index (χ0v) is 21.7. The Morgan fingerprint density at radius 3 is 2.46 bits per heavy atom. The number of hydrogen-bond donors (Lipinski definition) is 1. The fourth-order valence-electron chi connectivity index (χ4n) is 6.78. The van der Waals surface area contributed by atoms with Crippen LogP contribution in [0.1, 0.15) is 39.0 Å². The maximum Gasteiger partial charge on any atom is 0.238 e. The molecule has 39 heavy (non-hydrogen) atoms. The third-order valence-corrected chi connectivity index (χ3v) is 8.67. The van der Waals surface area contributed by atoms with Crippen LogP contribution in [0, 0.1) is 5.92 Å². The van der Waals surface area contributed by atoms with Gasteiger partial charge in [-0.3, -0.25) is 14.4 Å². The van der Waals surface area contributed by atoms with Gasteiger partial charge in [-0.25, -0.2) is 0 Å². The van der Waals surface area contributed by atoms with Crippen LogP contribution in [0.5, 0.6) is 0 Å². The molecule has 4 atom stereocenters. The first-order valence-corrected chi connectivity index (χ1v) is 13.2. The zero-order chi connectivity index (χ0) is 26.9. The lowest BCUT2D eigenvalue weighted by Gasteiger charge is -2.39. The van der Waals surface area contributed by atoms with Crippen molar-refractivity contribution in [1.82, 2.24) is 0 Å². The first-order chi connectivity index (χ1) is 18.9. The standard InChI is InChI=1S/C32H23ClN2O4/c1-18-17-26-32(21-11-4-6-13-23(21)34-31(32)38)27(30(37)25-15-8-16-39-25)28(29(36)20-10-2-5-12-22(20)33)35(26)24-14-7-3-9-19(18)24/h2-17,26-28H,1H3,(H,34,38)/t26-,27-,28-,32+/m0/s1. The van der Waals surface area contributed by atoms with Crippen molar-refractivity contribution in [3.8, 4) is 0 Å². The first-order valence-electron chi connectivity index (χ1n) is 12.8. The van der Waals surface area contributed by atoms with E-state index in [9.17, 15) is 14.4 Å². The predicted molar refractivity (Wildman–Crippen MR) is 149 cm³/mol. The Morgan fingerprint density at radius 2 is 1.67 bits per heavy atom. The second-order valence-electron chi connectivity index (χ2n) is 10.2. The van der Waals surface area contributed by atoms with Crippen LogP contribution in [0.2, 0.25) is 5.02 Å². The molecule has 4 heterocycles. The molecule has 7 rings (SSSR count). The fourth-order valence-corrected chi connectivity index (χ4v) is 7.01. The van der Waals surface area contributed by atoms with Crippen LogP contribution in [0.4, 0.5) is 11.4 Å². The summed E-state index contributed by atoms with van der Waals surface area (Å²) < 4.78 is 5.58. The Bertz CT molecular complexity index is 1710. The van der Waals surface area contributed by atoms with E-state index in [-0.39, 0.29) is 22.5 Å². The fraction of sp³-hybridized carbons (Fsp3) is 0.156. The molecule has 6 nitrogen and oxygen atoms in total. The number of fused-ring (bicyclic) bond motifs is 6. The number of furan rings is 1. The number of ketones is 2. The number of benzene rings is 3. The third-order valence-electron chi connectivity index (χ3n) is 8.34. The first kappa shape index (κ1) is 23.7. The lowest BCUT2D eigenvalue weighted by molar-refractivity contribution is -0.121. The number of carbonyl (C=O) groups is 3. The van der Waals surface area contributed by atoms with E-state index in [0.29, 0.717) is 16.8 Å². The molecule has 4 aromatic rings. The average molecular weight is 535 g/mol. The van der Waals surface area contributed by atoms with E-state index in [1.54, 1.807) is 36.4 Å². The molecular weight excluding hydrogens is 512 g/mol. The molecule has 3 aliphatic rings. The van der Waals surface area contributed by atoms with Crippen molar-refractivity contribution in [2.24, 2.45) is 5.92 Å². The van der Waals surface area contributed by atoms with Crippen molar-refractivity contribution < 1.29 is 18.8 Å². The molecular formula is C32H23ClN2O4. The summed E-state index contributed by atoms with van der Waals surface area (Å²) in [5.41, 5.74) is 2.93. The normalized spacial score (nSPS) is 24.6. The molecule has 1 N–H and O–H groups in total. The Kier molecular flexibility index (Phi) is 5.19. The SMILES string of the molecule is CC1=C[C@@H]2N(c3ccccc31)[C@H](C(=O)c1ccccc1Cl)[C@@H](C(=O)c1ccco1)[C@]21C(=O)Nc2ccccc21. The van der Waals surface area contributed by atoms with E-state index in [1.165, 1.54) is 6.26 Å². The van der Waals surface area contributed by atoms with Crippen LogP contribution in [0.3, 0.4) is 0 Å². The molecule has 3 aromatic carbocycles. The molecule has 0 saturated carbocycles. The molecule has 0 radical (unpaired) electrons. The molecule has 1 saturated heterocycles. The number of amides is 1. The van der Waals surface area contributed by atoms with E-state index in [4.69, 9.17) is 16.0 Å². The highest BCUT2D eigenvalue weighted by molar-refractivity contribution is 6.34. The van der Waals surface area contributed by atoms with Gasteiger partial charge in [0.05, 0.1) is 23.2 Å². The van der Waals surface area contributed by atoms with E-state index in [2.05, 4.69) is 5.32 Å². The highest BCUT2D eigenvalue weighted by Crippen LogP contribution is 2.59. The Morgan fingerprint density at radius 1 is 0.923 bits per heavy atom. The van der Waals surface area contributed by atoms with E-state index in [1.807, 2.05) is 66.4 Å². The zero-order valence-electron chi connectivity index (χ0n) is 20.9. The number of nitrogens with zero attached hydrogens (tertiary/aromatic N) is 1. The molecule has 7 heteroatoms. The largest absolute Gasteiger partial charge is 0.461 e. The summed E-state index contributed by atoms with van der Waals surface area (Å²) in [5.74, 6) is -2.05. The summed E-state index contributed by atoms with van der Waals surface area (Å²) in [6.45, 7) is 2.00. The highest BCUT2D eigenvalue weighted by atomic mass is 35.5. The second-order valence-corrected chi connectivity index (χ2v) is 10.6. The Hall–Kier alpha value is -4.42. The van der Waals surface area contributed by atoms with Gasteiger partial charge in [-0.15, -0.1) is 0 Å². The van der Waals surface area contributed by atoms with Gasteiger partial charge in [0, 0.05) is 22.5 Å². The topological polar surface area (TPSA) is 79.6 Å². The highest BCUT2D eigenvalue weighted by Gasteiger charge is 2.70. The molecule has 1 amide bonds. The van der Waals surface area contributed by atoms with E-state index >= 15 is 0 Å². The summed E-state index contributed by atoms with van der Waals surface area (Å²) in [5, 5.41) is 3.32. The second kappa shape index (κ2) is 8.55. The van der Waals surface area contributed by atoms with Crippen molar-refractivity contribution in [3.05, 3.63) is 125 Å². The molecule has 1 aromatic heterocycles. The quantitative estimate of drug-likeness (QED) is 0.316. The van der Waals surface area contributed by atoms with Crippen LogP contribution in [0.15, 0.2) is 102 Å². The summed E-state index contributed by atoms with van der Waals surface area (Å²) in [4.78, 5) is 45.3. The average Bonchev–Trinajstić information content (AvgIpc) is 3.66. The van der Waals surface area contributed by atoms with Gasteiger partial charge >= 0.3 is 0 Å². The number of allylic oxidation sites excluding steroid dienone is 1. The van der Waals surface area contributed by atoms with Crippen LogP contribution in [-0.2, 0) is 10.2 Å². The number of hydrogen-bond acceptors (Lipinski definition) is 5. The minimum absolute atomic E-state index is 0.0994. The third kappa shape index (κ3) is 3.12. The van der Waals surface area contributed by atoms with Gasteiger partial charge in [-0.1, -0.05) is 66.2 Å². The number of carbonyl (C=O) groups excluding carboxylic acids is 3. The van der Waals surface area contributed by atoms with Gasteiger partial charge in [-0.2, -0.15) is 0 Å². The van der Waals surface area contributed by atoms with Crippen LogP contribution < -0.4 is 10.2 Å². The van der Waals surface area contributed by atoms with Crippen molar-refractivity contribution >= 4 is 46.0 Å². The van der Waals surface area contributed by atoms with Gasteiger partial charge in [0.2, 0.25) is 11.7 Å². The molecule has 192 valence electrons. The smallest absolute Gasteiger partial charge is 0.238 e. The van der Waals surface area contributed by atoms with E-state index < -0.39 is 29.2 Å². The molecule has 3 aliphatic heterocycles. The maximum absolute atomic E-state index is 14.6. The van der Waals surface area contributed by atoms with Crippen LogP contribution >= 0.6 is 11.6 Å². The number of nitrogens with one attached hydrogen (secondary N) is 1. The summed E-state index contributed by atoms with van der Waals surface area (Å²) in [6, 6.07) is 23.6. The van der Waals surface area contributed by atoms with Gasteiger partial charge in [0.15, 0.2) is 11.5 Å². The van der Waals surface area contributed by atoms with Gasteiger partial charge < -0.3 is 14.6 Å². The van der Waals surface area contributed by atoms with Gasteiger partial charge in [0.1, 0.15) is 11.5 Å². The van der Waals surface area contributed by atoms with E-state index in [0.717, 1.165) is 16.8 Å². The van der Waals surface area contributed by atoms with Gasteiger partial charge in [0.25, 0.3) is 0 Å². The lowest BCUT2D eigenvalue weighted by atomic mass is 9.64. The lowest BCUT2D eigenvalue weighted by Crippen LogP contribution is -2.51.